The second-order valence-electron chi connectivity index (χ2n) is 1.41. The van der Waals surface area contributed by atoms with Gasteiger partial charge in [0.25, 0.3) is 0 Å². The molecule has 54 valence electrons. The first-order valence-electron chi connectivity index (χ1n) is 2.28. The number of carboxylic acids is 1. The Labute approximate surface area is 54.7 Å². The predicted octanol–water partition coefficient (Wildman–Crippen LogP) is -0.947. The number of hydrazine groups is 1. The number of aromatic nitrogens is 2. The molecule has 0 atom stereocenters. The van der Waals surface area contributed by atoms with E-state index in [0.717, 1.165) is 0 Å². The molecule has 0 fully saturated rings. The summed E-state index contributed by atoms with van der Waals surface area (Å²) in [5.74, 6) is 3.53. The zero-order chi connectivity index (χ0) is 7.56. The molecule has 0 aliphatic carbocycles. The van der Waals surface area contributed by atoms with Gasteiger partial charge in [-0.05, 0) is 10.3 Å². The van der Waals surface area contributed by atoms with Crippen LogP contribution in [0, 0.1) is 0 Å². The van der Waals surface area contributed by atoms with Crippen molar-refractivity contribution in [2.45, 2.75) is 0 Å². The van der Waals surface area contributed by atoms with Crippen LogP contribution in [-0.2, 0) is 0 Å². The SMILES string of the molecule is NNc1nonc1C(=O)O. The topological polar surface area (TPSA) is 114 Å². The molecule has 1 rings (SSSR count). The van der Waals surface area contributed by atoms with Gasteiger partial charge in [-0.3, -0.25) is 0 Å². The molecule has 0 radical (unpaired) electrons. The molecule has 1 aromatic rings. The number of aromatic carboxylic acids is 1. The van der Waals surface area contributed by atoms with Crippen molar-refractivity contribution in [1.82, 2.24) is 10.3 Å². The largest absolute Gasteiger partial charge is 0.476 e. The Morgan fingerprint density at radius 2 is 2.40 bits per heavy atom. The van der Waals surface area contributed by atoms with E-state index in [0.29, 0.717) is 0 Å². The van der Waals surface area contributed by atoms with E-state index in [9.17, 15) is 4.79 Å². The molecule has 1 heterocycles. The van der Waals surface area contributed by atoms with Crippen molar-refractivity contribution in [3.05, 3.63) is 5.69 Å². The number of rotatable bonds is 2. The van der Waals surface area contributed by atoms with E-state index in [1.165, 1.54) is 0 Å². The molecule has 7 heteroatoms. The third-order valence-corrected chi connectivity index (χ3v) is 0.828. The van der Waals surface area contributed by atoms with Crippen LogP contribution in [0.25, 0.3) is 0 Å². The van der Waals surface area contributed by atoms with Crippen LogP contribution < -0.4 is 11.3 Å². The molecule has 1 aromatic heterocycles. The molecule has 0 spiro atoms. The highest BCUT2D eigenvalue weighted by molar-refractivity contribution is 5.90. The Morgan fingerprint density at radius 1 is 1.70 bits per heavy atom. The van der Waals surface area contributed by atoms with Gasteiger partial charge in [0.1, 0.15) is 0 Å². The molecule has 0 aliphatic rings. The summed E-state index contributed by atoms with van der Waals surface area (Å²) in [5, 5.41) is 14.5. The third-order valence-electron chi connectivity index (χ3n) is 0.828. The maximum Gasteiger partial charge on any atom is 0.362 e. The lowest BCUT2D eigenvalue weighted by Gasteiger charge is -1.88. The highest BCUT2D eigenvalue weighted by Gasteiger charge is 2.15. The number of hydrogen-bond donors (Lipinski definition) is 3. The second-order valence-corrected chi connectivity index (χ2v) is 1.41. The van der Waals surface area contributed by atoms with E-state index in [1.807, 2.05) is 5.43 Å². The monoisotopic (exact) mass is 144 g/mol. The van der Waals surface area contributed by atoms with Crippen molar-refractivity contribution < 1.29 is 14.5 Å². The maximum absolute atomic E-state index is 10.2. The molecule has 0 bridgehead atoms. The first kappa shape index (κ1) is 6.49. The van der Waals surface area contributed by atoms with Crippen molar-refractivity contribution in [2.75, 3.05) is 5.43 Å². The van der Waals surface area contributed by atoms with Crippen LogP contribution in [0.15, 0.2) is 4.63 Å². The molecule has 0 aliphatic heterocycles. The van der Waals surface area contributed by atoms with Gasteiger partial charge in [-0.1, -0.05) is 0 Å². The van der Waals surface area contributed by atoms with Crippen LogP contribution in [0.5, 0.6) is 0 Å². The molecular weight excluding hydrogens is 140 g/mol. The molecule has 0 aromatic carbocycles. The van der Waals surface area contributed by atoms with Crippen molar-refractivity contribution in [1.29, 1.82) is 0 Å². The molecule has 0 amide bonds. The fraction of sp³-hybridized carbons (Fsp3) is 0. The van der Waals surface area contributed by atoms with Gasteiger partial charge in [0, 0.05) is 0 Å². The quantitative estimate of drug-likeness (QED) is 0.362. The standard InChI is InChI=1S/C3H4N4O3/c4-5-2-1(3(8)9)6-10-7-2/h4H2,(H,5,7)(H,8,9). The van der Waals surface area contributed by atoms with Crippen LogP contribution in [0.4, 0.5) is 5.82 Å². The molecule has 4 N–H and O–H groups in total. The van der Waals surface area contributed by atoms with E-state index < -0.39 is 5.97 Å². The Balaban J connectivity index is 3.01. The van der Waals surface area contributed by atoms with Gasteiger partial charge in [0.05, 0.1) is 0 Å². The number of nitrogens with one attached hydrogen (secondary N) is 1. The van der Waals surface area contributed by atoms with Crippen LogP contribution >= 0.6 is 0 Å². The number of hydrogen-bond acceptors (Lipinski definition) is 6. The molecule has 0 unspecified atom stereocenters. The predicted molar refractivity (Wildman–Crippen MR) is 29.1 cm³/mol. The zero-order valence-corrected chi connectivity index (χ0v) is 4.74. The van der Waals surface area contributed by atoms with Crippen LogP contribution in [0.3, 0.4) is 0 Å². The lowest BCUT2D eigenvalue weighted by atomic mass is 10.4. The lowest BCUT2D eigenvalue weighted by Crippen LogP contribution is -2.11. The molecule has 0 saturated heterocycles. The second kappa shape index (κ2) is 2.31. The Morgan fingerprint density at radius 3 is 2.80 bits per heavy atom. The summed E-state index contributed by atoms with van der Waals surface area (Å²) in [6.07, 6.45) is 0. The normalized spacial score (nSPS) is 9.30. The number of nitrogen functional groups attached to an aromatic ring is 1. The van der Waals surface area contributed by atoms with Gasteiger partial charge in [0.2, 0.25) is 11.5 Å². The van der Waals surface area contributed by atoms with Crippen LogP contribution in [0.2, 0.25) is 0 Å². The number of carboxylic acid groups (broad SMARTS) is 1. The average molecular weight is 144 g/mol. The van der Waals surface area contributed by atoms with Gasteiger partial charge in [-0.2, -0.15) is 0 Å². The maximum atomic E-state index is 10.2. The zero-order valence-electron chi connectivity index (χ0n) is 4.74. The summed E-state index contributed by atoms with van der Waals surface area (Å²) in [6.45, 7) is 0. The minimum absolute atomic E-state index is 0.0903. The fourth-order valence-corrected chi connectivity index (χ4v) is 0.424. The number of anilines is 1. The third kappa shape index (κ3) is 0.890. The van der Waals surface area contributed by atoms with Crippen LogP contribution in [0.1, 0.15) is 10.5 Å². The van der Waals surface area contributed by atoms with E-state index in [1.54, 1.807) is 0 Å². The van der Waals surface area contributed by atoms with Gasteiger partial charge in [-0.25, -0.2) is 15.3 Å². The van der Waals surface area contributed by atoms with Crippen molar-refractivity contribution in [3.8, 4) is 0 Å². The van der Waals surface area contributed by atoms with Gasteiger partial charge in [0.15, 0.2) is 0 Å². The van der Waals surface area contributed by atoms with Crippen LogP contribution in [-0.4, -0.2) is 21.4 Å². The van der Waals surface area contributed by atoms with E-state index in [-0.39, 0.29) is 11.5 Å². The highest BCUT2D eigenvalue weighted by Crippen LogP contribution is 2.05. The summed E-state index contributed by atoms with van der Waals surface area (Å²) >= 11 is 0. The van der Waals surface area contributed by atoms with Crippen molar-refractivity contribution >= 4 is 11.8 Å². The minimum atomic E-state index is -1.24. The van der Waals surface area contributed by atoms with E-state index in [4.69, 9.17) is 10.9 Å². The molecule has 7 nitrogen and oxygen atoms in total. The highest BCUT2D eigenvalue weighted by atomic mass is 16.6. The Hall–Kier alpha value is -1.63. The van der Waals surface area contributed by atoms with E-state index in [2.05, 4.69) is 14.9 Å². The lowest BCUT2D eigenvalue weighted by molar-refractivity contribution is 0.0685. The Bertz CT molecular complexity index is 244. The summed E-state index contributed by atoms with van der Waals surface area (Å²) in [5.41, 5.74) is 1.68. The van der Waals surface area contributed by atoms with Crippen molar-refractivity contribution in [2.24, 2.45) is 5.84 Å². The summed E-state index contributed by atoms with van der Waals surface area (Å²) < 4.78 is 4.07. The van der Waals surface area contributed by atoms with Gasteiger partial charge >= 0.3 is 5.97 Å². The summed E-state index contributed by atoms with van der Waals surface area (Å²) in [6, 6.07) is 0. The molecular formula is C3H4N4O3. The summed E-state index contributed by atoms with van der Waals surface area (Å²) in [7, 11) is 0. The summed E-state index contributed by atoms with van der Waals surface area (Å²) in [4.78, 5) is 10.2. The van der Waals surface area contributed by atoms with Crippen molar-refractivity contribution in [3.63, 3.8) is 0 Å². The number of carbonyl (C=O) groups is 1. The van der Waals surface area contributed by atoms with Gasteiger partial charge < -0.3 is 10.5 Å². The fourth-order valence-electron chi connectivity index (χ4n) is 0.424. The first-order valence-corrected chi connectivity index (χ1v) is 2.28. The smallest absolute Gasteiger partial charge is 0.362 e. The number of nitrogens with zero attached hydrogens (tertiary/aromatic N) is 2. The van der Waals surface area contributed by atoms with E-state index >= 15 is 0 Å². The molecule has 10 heavy (non-hydrogen) atoms. The van der Waals surface area contributed by atoms with Gasteiger partial charge in [-0.15, -0.1) is 0 Å². The Kier molecular flexibility index (Phi) is 1.50. The minimum Gasteiger partial charge on any atom is -0.476 e. The molecule has 0 saturated carbocycles. The first-order chi connectivity index (χ1) is 4.75. The number of nitrogens with two attached hydrogens (primary N) is 1. The average Bonchev–Trinajstić information content (AvgIpc) is 2.33.